The molecule has 0 bridgehead atoms. The Morgan fingerprint density at radius 3 is 2.36 bits per heavy atom. The Bertz CT molecular complexity index is 615. The molecule has 0 amide bonds. The highest BCUT2D eigenvalue weighted by Gasteiger charge is 2.46. The first-order valence-electron chi connectivity index (χ1n) is 7.50. The average Bonchev–Trinajstić information content (AvgIpc) is 3.05. The van der Waals surface area contributed by atoms with E-state index < -0.39 is 9.84 Å². The van der Waals surface area contributed by atoms with Crippen LogP contribution in [-0.2, 0) is 23.0 Å². The molecule has 0 aromatic carbocycles. The summed E-state index contributed by atoms with van der Waals surface area (Å²) in [5, 5.41) is 18.2. The van der Waals surface area contributed by atoms with Gasteiger partial charge in [-0.25, -0.2) is 8.42 Å². The molecule has 2 N–H and O–H groups in total. The molecule has 2 aliphatic heterocycles. The number of sulfone groups is 1. The number of piperazine rings is 1. The monoisotopic (exact) mass is 330 g/mol. The van der Waals surface area contributed by atoms with Gasteiger partial charge in [0.05, 0.1) is 24.7 Å². The molecule has 2 saturated heterocycles. The van der Waals surface area contributed by atoms with Gasteiger partial charge in [-0.3, -0.25) is 9.80 Å². The second kappa shape index (κ2) is 6.29. The largest absolute Gasteiger partial charge is 0.462 e. The number of β-amino-alcohol motifs (C(OH)–C–C–N with tert-alkyl or cyclic N) is 1. The number of aliphatic hydroxyl groups excluding tert-OH is 2. The van der Waals surface area contributed by atoms with E-state index in [4.69, 9.17) is 14.6 Å². The Morgan fingerprint density at radius 1 is 1.09 bits per heavy atom. The fourth-order valence-corrected chi connectivity index (χ4v) is 5.53. The van der Waals surface area contributed by atoms with Crippen molar-refractivity contribution in [3.05, 3.63) is 23.7 Å². The van der Waals surface area contributed by atoms with Gasteiger partial charge in [0.25, 0.3) is 0 Å². The minimum absolute atomic E-state index is 0.0430. The standard InChI is InChI=1S/C14H22N2O5S/c17-6-5-15-3-4-16(7-11-1-2-12(8-18)21-11)14-10-22(19,20)9-13(14)15/h1-2,13-14,17-18H,3-10H2/t13-,14+/m1/s1. The van der Waals surface area contributed by atoms with E-state index in [0.29, 0.717) is 18.8 Å². The molecular formula is C14H22N2O5S. The van der Waals surface area contributed by atoms with Gasteiger partial charge in [-0.1, -0.05) is 0 Å². The summed E-state index contributed by atoms with van der Waals surface area (Å²) in [5.41, 5.74) is 0. The van der Waals surface area contributed by atoms with Crippen LogP contribution in [-0.4, -0.2) is 78.3 Å². The lowest BCUT2D eigenvalue weighted by Gasteiger charge is -2.43. The summed E-state index contributed by atoms with van der Waals surface area (Å²) < 4.78 is 29.6. The van der Waals surface area contributed by atoms with E-state index in [1.807, 2.05) is 6.07 Å². The molecule has 0 aliphatic carbocycles. The van der Waals surface area contributed by atoms with Crippen LogP contribution in [0, 0.1) is 0 Å². The molecular weight excluding hydrogens is 308 g/mol. The number of hydrogen-bond donors (Lipinski definition) is 2. The highest BCUT2D eigenvalue weighted by Crippen LogP contribution is 2.28. The smallest absolute Gasteiger partial charge is 0.153 e. The van der Waals surface area contributed by atoms with Gasteiger partial charge in [0.2, 0.25) is 0 Å². The molecule has 2 atom stereocenters. The predicted molar refractivity (Wildman–Crippen MR) is 79.9 cm³/mol. The molecule has 0 radical (unpaired) electrons. The van der Waals surface area contributed by atoms with E-state index in [0.717, 1.165) is 18.8 Å². The molecule has 0 spiro atoms. The third-order valence-electron chi connectivity index (χ3n) is 4.53. The first kappa shape index (κ1) is 15.9. The zero-order valence-corrected chi connectivity index (χ0v) is 13.2. The molecule has 22 heavy (non-hydrogen) atoms. The average molecular weight is 330 g/mol. The maximum Gasteiger partial charge on any atom is 0.153 e. The maximum atomic E-state index is 12.0. The lowest BCUT2D eigenvalue weighted by atomic mass is 10.0. The van der Waals surface area contributed by atoms with E-state index >= 15 is 0 Å². The van der Waals surface area contributed by atoms with Gasteiger partial charge < -0.3 is 14.6 Å². The van der Waals surface area contributed by atoms with E-state index in [9.17, 15) is 8.42 Å². The van der Waals surface area contributed by atoms with E-state index in [2.05, 4.69) is 9.80 Å². The van der Waals surface area contributed by atoms with Crippen molar-refractivity contribution in [1.82, 2.24) is 9.80 Å². The Morgan fingerprint density at radius 2 is 1.73 bits per heavy atom. The van der Waals surface area contributed by atoms with Crippen molar-refractivity contribution < 1.29 is 23.0 Å². The third kappa shape index (κ3) is 3.21. The summed E-state index contributed by atoms with van der Waals surface area (Å²) in [7, 11) is -3.04. The number of fused-ring (bicyclic) bond motifs is 1. The van der Waals surface area contributed by atoms with Crippen LogP contribution in [0.3, 0.4) is 0 Å². The maximum absolute atomic E-state index is 12.0. The van der Waals surface area contributed by atoms with Gasteiger partial charge >= 0.3 is 0 Å². The number of nitrogens with zero attached hydrogens (tertiary/aromatic N) is 2. The summed E-state index contributed by atoms with van der Waals surface area (Å²) in [5.74, 6) is 1.58. The normalized spacial score (nSPS) is 28.8. The van der Waals surface area contributed by atoms with Crippen LogP contribution < -0.4 is 0 Å². The van der Waals surface area contributed by atoms with Gasteiger partial charge in [-0.2, -0.15) is 0 Å². The third-order valence-corrected chi connectivity index (χ3v) is 6.22. The zero-order chi connectivity index (χ0) is 15.7. The highest BCUT2D eigenvalue weighted by molar-refractivity contribution is 7.91. The molecule has 3 heterocycles. The van der Waals surface area contributed by atoms with Crippen LogP contribution in [0.5, 0.6) is 0 Å². The van der Waals surface area contributed by atoms with Crippen molar-refractivity contribution in [2.24, 2.45) is 0 Å². The summed E-state index contributed by atoms with van der Waals surface area (Å²) in [6.07, 6.45) is 0. The van der Waals surface area contributed by atoms with Crippen molar-refractivity contribution >= 4 is 9.84 Å². The Balaban J connectivity index is 1.75. The summed E-state index contributed by atoms with van der Waals surface area (Å²) in [4.78, 5) is 4.22. The molecule has 7 nitrogen and oxygen atoms in total. The van der Waals surface area contributed by atoms with Gasteiger partial charge in [0.1, 0.15) is 18.1 Å². The Hall–Kier alpha value is -0.930. The van der Waals surface area contributed by atoms with Crippen LogP contribution in [0.2, 0.25) is 0 Å². The van der Waals surface area contributed by atoms with E-state index in [-0.39, 0.29) is 36.8 Å². The van der Waals surface area contributed by atoms with Crippen molar-refractivity contribution in [3.8, 4) is 0 Å². The van der Waals surface area contributed by atoms with Gasteiger partial charge in [-0.15, -0.1) is 0 Å². The SMILES string of the molecule is O=S1(=O)C[C@@H]2[C@H](C1)N(Cc1ccc(CO)o1)CCN2CCO. The van der Waals surface area contributed by atoms with Gasteiger partial charge in [0, 0.05) is 31.7 Å². The second-order valence-corrected chi connectivity index (χ2v) is 8.12. The predicted octanol–water partition coefficient (Wildman–Crippen LogP) is -0.953. The lowest BCUT2D eigenvalue weighted by Crippen LogP contribution is -2.59. The van der Waals surface area contributed by atoms with Crippen molar-refractivity contribution in [1.29, 1.82) is 0 Å². The van der Waals surface area contributed by atoms with Crippen LogP contribution in [0.15, 0.2) is 16.5 Å². The first-order valence-corrected chi connectivity index (χ1v) is 9.32. The summed E-state index contributed by atoms with van der Waals surface area (Å²) in [6, 6.07) is 3.44. The summed E-state index contributed by atoms with van der Waals surface area (Å²) >= 11 is 0. The number of aliphatic hydroxyl groups is 2. The molecule has 1 aromatic heterocycles. The quantitative estimate of drug-likeness (QED) is 0.719. The summed E-state index contributed by atoms with van der Waals surface area (Å²) in [6.45, 7) is 2.45. The second-order valence-electron chi connectivity index (χ2n) is 5.97. The molecule has 124 valence electrons. The van der Waals surface area contributed by atoms with Crippen LogP contribution >= 0.6 is 0 Å². The Kier molecular flexibility index (Phi) is 4.56. The van der Waals surface area contributed by atoms with Crippen LogP contribution in [0.4, 0.5) is 0 Å². The molecule has 0 saturated carbocycles. The highest BCUT2D eigenvalue weighted by atomic mass is 32.2. The Labute approximate surface area is 130 Å². The molecule has 1 aromatic rings. The van der Waals surface area contributed by atoms with Crippen LogP contribution in [0.25, 0.3) is 0 Å². The van der Waals surface area contributed by atoms with Crippen LogP contribution in [0.1, 0.15) is 11.5 Å². The van der Waals surface area contributed by atoms with E-state index in [1.54, 1.807) is 6.07 Å². The fourth-order valence-electron chi connectivity index (χ4n) is 3.49. The van der Waals surface area contributed by atoms with Crippen molar-refractivity contribution in [2.75, 3.05) is 37.7 Å². The van der Waals surface area contributed by atoms with Crippen molar-refractivity contribution in [2.45, 2.75) is 25.2 Å². The zero-order valence-electron chi connectivity index (χ0n) is 12.4. The van der Waals surface area contributed by atoms with E-state index in [1.165, 1.54) is 0 Å². The minimum atomic E-state index is -3.04. The fraction of sp³-hybridized carbons (Fsp3) is 0.714. The molecule has 2 aliphatic rings. The number of hydrogen-bond acceptors (Lipinski definition) is 7. The minimum Gasteiger partial charge on any atom is -0.462 e. The lowest BCUT2D eigenvalue weighted by molar-refractivity contribution is 0.0269. The first-order chi connectivity index (χ1) is 10.5. The molecule has 8 heteroatoms. The van der Waals surface area contributed by atoms with Gasteiger partial charge in [-0.05, 0) is 12.1 Å². The molecule has 2 fully saturated rings. The number of furan rings is 1. The number of rotatable bonds is 5. The molecule has 0 unspecified atom stereocenters. The van der Waals surface area contributed by atoms with Gasteiger partial charge in [0.15, 0.2) is 9.84 Å². The molecule has 3 rings (SSSR count). The van der Waals surface area contributed by atoms with Crippen molar-refractivity contribution in [3.63, 3.8) is 0 Å². The topological polar surface area (TPSA) is 94.2 Å².